The first kappa shape index (κ1) is 42.7. The molecule has 0 saturated carbocycles. The van der Waals surface area contributed by atoms with Gasteiger partial charge in [-0.25, -0.2) is 0 Å². The summed E-state index contributed by atoms with van der Waals surface area (Å²) in [5, 5.41) is 8.87. The SMILES string of the molecule is CN[C@H](C(=O)N[C@H](C(=O)N(C)[C@H](C(=O)N(C)[C@H](C(=O)N(C)[C@H](C(=O)NCCCSC)C(C)C)C(C)C)C(C)C)C(C)C)C(C)C. The molecule has 0 saturated heterocycles. The van der Waals surface area contributed by atoms with Gasteiger partial charge in [-0.1, -0.05) is 69.2 Å². The van der Waals surface area contributed by atoms with Gasteiger partial charge < -0.3 is 30.7 Å². The Morgan fingerprint density at radius 2 is 0.978 bits per heavy atom. The van der Waals surface area contributed by atoms with E-state index < -0.39 is 30.2 Å². The van der Waals surface area contributed by atoms with Gasteiger partial charge >= 0.3 is 0 Å². The molecule has 3 N–H and O–H groups in total. The van der Waals surface area contributed by atoms with Gasteiger partial charge in [-0.2, -0.15) is 11.8 Å². The molecule has 0 aromatic carbocycles. The fourth-order valence-corrected chi connectivity index (χ4v) is 6.26. The average molecular weight is 657 g/mol. The molecular formula is C33H64N6O5S. The van der Waals surface area contributed by atoms with Crippen LogP contribution in [-0.2, 0) is 24.0 Å². The van der Waals surface area contributed by atoms with Crippen LogP contribution in [0.25, 0.3) is 0 Å². The number of amides is 5. The van der Waals surface area contributed by atoms with Crippen LogP contribution in [0, 0.1) is 29.6 Å². The van der Waals surface area contributed by atoms with Crippen molar-refractivity contribution in [3.05, 3.63) is 0 Å². The quantitative estimate of drug-likeness (QED) is 0.182. The molecule has 0 aliphatic carbocycles. The summed E-state index contributed by atoms with van der Waals surface area (Å²) in [7, 11) is 6.48. The van der Waals surface area contributed by atoms with E-state index in [2.05, 4.69) is 16.0 Å². The van der Waals surface area contributed by atoms with Gasteiger partial charge in [-0.05, 0) is 55.1 Å². The molecule has 11 nitrogen and oxygen atoms in total. The molecule has 262 valence electrons. The number of nitrogens with zero attached hydrogens (tertiary/aromatic N) is 3. The third-order valence-electron chi connectivity index (χ3n) is 8.28. The lowest BCUT2D eigenvalue weighted by Gasteiger charge is -2.41. The molecule has 0 aromatic heterocycles. The van der Waals surface area contributed by atoms with Crippen molar-refractivity contribution in [2.75, 3.05) is 46.7 Å². The lowest BCUT2D eigenvalue weighted by atomic mass is 9.94. The molecule has 0 spiro atoms. The number of rotatable bonds is 19. The summed E-state index contributed by atoms with van der Waals surface area (Å²) in [6, 6.07) is -3.76. The smallest absolute Gasteiger partial charge is 0.246 e. The zero-order valence-corrected chi connectivity index (χ0v) is 31.5. The van der Waals surface area contributed by atoms with E-state index in [0.29, 0.717) is 6.54 Å². The van der Waals surface area contributed by atoms with Crippen molar-refractivity contribution >= 4 is 41.3 Å². The minimum absolute atomic E-state index is 0.0134. The van der Waals surface area contributed by atoms with Crippen LogP contribution < -0.4 is 16.0 Å². The predicted molar refractivity (Wildman–Crippen MR) is 185 cm³/mol. The Morgan fingerprint density at radius 3 is 1.33 bits per heavy atom. The number of hydrogen-bond donors (Lipinski definition) is 3. The highest BCUT2D eigenvalue weighted by Crippen LogP contribution is 2.22. The van der Waals surface area contributed by atoms with Crippen LogP contribution in [0.5, 0.6) is 0 Å². The van der Waals surface area contributed by atoms with Crippen LogP contribution in [-0.4, -0.2) is 121 Å². The molecule has 0 heterocycles. The number of hydrogen-bond acceptors (Lipinski definition) is 7. The second-order valence-corrected chi connectivity index (χ2v) is 14.8. The summed E-state index contributed by atoms with van der Waals surface area (Å²) in [6.45, 7) is 19.3. The zero-order valence-electron chi connectivity index (χ0n) is 30.7. The van der Waals surface area contributed by atoms with Crippen molar-refractivity contribution in [3.8, 4) is 0 Å². The van der Waals surface area contributed by atoms with Gasteiger partial charge in [0.05, 0.1) is 6.04 Å². The summed E-state index contributed by atoms with van der Waals surface area (Å²) < 4.78 is 0. The minimum atomic E-state index is -0.883. The minimum Gasteiger partial charge on any atom is -0.354 e. The first-order valence-electron chi connectivity index (χ1n) is 16.3. The zero-order chi connectivity index (χ0) is 35.3. The Labute approximate surface area is 277 Å². The molecule has 12 heteroatoms. The summed E-state index contributed by atoms with van der Waals surface area (Å²) in [6.07, 6.45) is 2.85. The van der Waals surface area contributed by atoms with Crippen LogP contribution in [0.4, 0.5) is 0 Å². The molecule has 5 atom stereocenters. The molecule has 0 aromatic rings. The second kappa shape index (κ2) is 20.0. The lowest BCUT2D eigenvalue weighted by Crippen LogP contribution is -2.62. The van der Waals surface area contributed by atoms with Gasteiger partial charge in [-0.3, -0.25) is 24.0 Å². The van der Waals surface area contributed by atoms with Gasteiger partial charge in [0.1, 0.15) is 24.2 Å². The van der Waals surface area contributed by atoms with E-state index in [4.69, 9.17) is 0 Å². The Balaban J connectivity index is 6.25. The van der Waals surface area contributed by atoms with Gasteiger partial charge in [0, 0.05) is 27.7 Å². The normalized spacial score (nSPS) is 15.1. The monoisotopic (exact) mass is 656 g/mol. The van der Waals surface area contributed by atoms with E-state index in [9.17, 15) is 24.0 Å². The fraction of sp³-hybridized carbons (Fsp3) is 0.848. The third kappa shape index (κ3) is 12.1. The molecule has 0 aliphatic heterocycles. The Morgan fingerprint density at radius 1 is 0.578 bits per heavy atom. The molecule has 0 rings (SSSR count). The van der Waals surface area contributed by atoms with Crippen LogP contribution >= 0.6 is 11.8 Å². The van der Waals surface area contributed by atoms with E-state index in [1.807, 2.05) is 75.5 Å². The highest BCUT2D eigenvalue weighted by atomic mass is 32.2. The lowest BCUT2D eigenvalue weighted by molar-refractivity contribution is -0.155. The number of likely N-dealkylation sites (N-methyl/N-ethyl adjacent to an activating group) is 4. The highest BCUT2D eigenvalue weighted by molar-refractivity contribution is 7.98. The Bertz CT molecular complexity index is 973. The number of carbonyl (C=O) groups is 5. The molecule has 5 amide bonds. The van der Waals surface area contributed by atoms with E-state index in [0.717, 1.165) is 12.2 Å². The molecule has 0 fully saturated rings. The maximum absolute atomic E-state index is 14.2. The number of nitrogens with one attached hydrogen (secondary N) is 3. The standard InChI is InChI=1S/C33H64N6O5S/c1-19(2)24(34-11)29(40)36-25(20(3)4)31(42)38(13)27(22(7)8)33(44)39(14)28(23(9)10)32(43)37(12)26(21(5)6)30(41)35-17-16-18-45-15/h19-28,34H,16-18H2,1-15H3,(H,35,41)(H,36,40)/t24-,25-,26-,27-,28-/m0/s1. The molecule has 0 bridgehead atoms. The maximum Gasteiger partial charge on any atom is 0.246 e. The van der Waals surface area contributed by atoms with Crippen molar-refractivity contribution < 1.29 is 24.0 Å². The van der Waals surface area contributed by atoms with E-state index in [1.54, 1.807) is 40.0 Å². The first-order valence-corrected chi connectivity index (χ1v) is 17.7. The molecule has 0 aliphatic rings. The molecule has 45 heavy (non-hydrogen) atoms. The fourth-order valence-electron chi connectivity index (χ4n) is 5.83. The molecule has 0 radical (unpaired) electrons. The predicted octanol–water partition coefficient (Wildman–Crippen LogP) is 2.69. The van der Waals surface area contributed by atoms with Gasteiger partial charge in [-0.15, -0.1) is 0 Å². The van der Waals surface area contributed by atoms with Gasteiger partial charge in [0.25, 0.3) is 0 Å². The topological polar surface area (TPSA) is 131 Å². The van der Waals surface area contributed by atoms with Gasteiger partial charge in [0.15, 0.2) is 0 Å². The summed E-state index contributed by atoms with van der Waals surface area (Å²) in [5.74, 6) is -1.58. The average Bonchev–Trinajstić information content (AvgIpc) is 2.92. The van der Waals surface area contributed by atoms with Crippen molar-refractivity contribution in [3.63, 3.8) is 0 Å². The van der Waals surface area contributed by atoms with Crippen LogP contribution in [0.1, 0.15) is 75.7 Å². The van der Waals surface area contributed by atoms with Crippen molar-refractivity contribution in [1.82, 2.24) is 30.7 Å². The summed E-state index contributed by atoms with van der Waals surface area (Å²) in [5.41, 5.74) is 0. The number of carbonyl (C=O) groups excluding carboxylic acids is 5. The number of thioether (sulfide) groups is 1. The third-order valence-corrected chi connectivity index (χ3v) is 8.98. The van der Waals surface area contributed by atoms with E-state index in [1.165, 1.54) is 14.7 Å². The largest absolute Gasteiger partial charge is 0.354 e. The van der Waals surface area contributed by atoms with Gasteiger partial charge in [0.2, 0.25) is 29.5 Å². The highest BCUT2D eigenvalue weighted by Gasteiger charge is 2.42. The van der Waals surface area contributed by atoms with Crippen molar-refractivity contribution in [2.45, 2.75) is 106 Å². The van der Waals surface area contributed by atoms with E-state index >= 15 is 0 Å². The molecule has 0 unspecified atom stereocenters. The maximum atomic E-state index is 14.2. The van der Waals surface area contributed by atoms with Crippen LogP contribution in [0.2, 0.25) is 0 Å². The Hall–Kier alpha value is -2.34. The van der Waals surface area contributed by atoms with Crippen LogP contribution in [0.15, 0.2) is 0 Å². The van der Waals surface area contributed by atoms with Crippen LogP contribution in [0.3, 0.4) is 0 Å². The van der Waals surface area contributed by atoms with E-state index in [-0.39, 0.29) is 59.1 Å². The summed E-state index contributed by atoms with van der Waals surface area (Å²) in [4.78, 5) is 72.6. The molecular weight excluding hydrogens is 592 g/mol. The summed E-state index contributed by atoms with van der Waals surface area (Å²) >= 11 is 1.71. The first-order chi connectivity index (χ1) is 20.8. The van der Waals surface area contributed by atoms with Crippen molar-refractivity contribution in [1.29, 1.82) is 0 Å². The van der Waals surface area contributed by atoms with Crippen molar-refractivity contribution in [2.24, 2.45) is 29.6 Å². The Kier molecular flexibility index (Phi) is 19.0. The second-order valence-electron chi connectivity index (χ2n) is 13.8.